The molecule has 1 saturated carbocycles. The van der Waals surface area contributed by atoms with Gasteiger partial charge in [-0.25, -0.2) is 4.98 Å². The molecule has 106 valence electrons. The van der Waals surface area contributed by atoms with E-state index in [4.69, 9.17) is 0 Å². The molecule has 0 atom stereocenters. The van der Waals surface area contributed by atoms with Crippen LogP contribution in [0.2, 0.25) is 0 Å². The molecule has 19 heavy (non-hydrogen) atoms. The Hall–Kier alpha value is -1.36. The van der Waals surface area contributed by atoms with Crippen molar-refractivity contribution in [2.45, 2.75) is 52.2 Å². The Morgan fingerprint density at radius 3 is 3.00 bits per heavy atom. The van der Waals surface area contributed by atoms with Crippen LogP contribution in [0.3, 0.4) is 0 Å². The van der Waals surface area contributed by atoms with Gasteiger partial charge in [0.1, 0.15) is 6.54 Å². The predicted octanol–water partition coefficient (Wildman–Crippen LogP) is 1.30. The van der Waals surface area contributed by atoms with Crippen LogP contribution in [0.1, 0.15) is 38.8 Å². The number of nitrogens with one attached hydrogen (secondary N) is 2. The van der Waals surface area contributed by atoms with Gasteiger partial charge in [0, 0.05) is 25.3 Å². The minimum Gasteiger partial charge on any atom is -0.355 e. The largest absolute Gasteiger partial charge is 0.355 e. The number of nitrogens with zero attached hydrogens (tertiary/aromatic N) is 2. The van der Waals surface area contributed by atoms with Gasteiger partial charge in [0.25, 0.3) is 0 Å². The zero-order chi connectivity index (χ0) is 13.7. The molecule has 2 N–H and O–H groups in total. The van der Waals surface area contributed by atoms with Crippen molar-refractivity contribution < 1.29 is 4.79 Å². The van der Waals surface area contributed by atoms with Gasteiger partial charge < -0.3 is 15.2 Å². The SMILES string of the molecule is CC(C)CCNC(=O)Cn1cnc(CNC2CC2)c1. The van der Waals surface area contributed by atoms with Gasteiger partial charge in [-0.05, 0) is 25.2 Å². The van der Waals surface area contributed by atoms with E-state index in [0.29, 0.717) is 18.5 Å². The van der Waals surface area contributed by atoms with Gasteiger partial charge in [-0.3, -0.25) is 4.79 Å². The first kappa shape index (κ1) is 14.1. The van der Waals surface area contributed by atoms with E-state index in [1.807, 2.05) is 10.8 Å². The van der Waals surface area contributed by atoms with Gasteiger partial charge in [-0.15, -0.1) is 0 Å². The molecule has 5 heteroatoms. The highest BCUT2D eigenvalue weighted by Gasteiger charge is 2.20. The van der Waals surface area contributed by atoms with Crippen molar-refractivity contribution in [3.8, 4) is 0 Å². The summed E-state index contributed by atoms with van der Waals surface area (Å²) in [7, 11) is 0. The third-order valence-corrected chi connectivity index (χ3v) is 3.21. The second-order valence-corrected chi connectivity index (χ2v) is 5.72. The molecular formula is C14H24N4O. The van der Waals surface area contributed by atoms with E-state index in [2.05, 4.69) is 29.5 Å². The highest BCUT2D eigenvalue weighted by Crippen LogP contribution is 2.18. The van der Waals surface area contributed by atoms with E-state index in [0.717, 1.165) is 25.2 Å². The highest BCUT2D eigenvalue weighted by atomic mass is 16.1. The number of aromatic nitrogens is 2. The number of amides is 1. The number of rotatable bonds is 8. The van der Waals surface area contributed by atoms with Crippen molar-refractivity contribution in [3.05, 3.63) is 18.2 Å². The van der Waals surface area contributed by atoms with Crippen molar-refractivity contribution >= 4 is 5.91 Å². The lowest BCUT2D eigenvalue weighted by Gasteiger charge is -2.07. The van der Waals surface area contributed by atoms with Gasteiger partial charge in [0.2, 0.25) is 5.91 Å². The Balaban J connectivity index is 1.67. The van der Waals surface area contributed by atoms with E-state index in [-0.39, 0.29) is 5.91 Å². The predicted molar refractivity (Wildman–Crippen MR) is 74.6 cm³/mol. The number of carbonyl (C=O) groups is 1. The van der Waals surface area contributed by atoms with Crippen molar-refractivity contribution in [2.24, 2.45) is 5.92 Å². The topological polar surface area (TPSA) is 59.0 Å². The standard InChI is InChI=1S/C14H24N4O/c1-11(2)5-6-15-14(19)9-18-8-13(17-10-18)7-16-12-3-4-12/h8,10-12,16H,3-7,9H2,1-2H3,(H,15,19). The zero-order valence-corrected chi connectivity index (χ0v) is 11.9. The summed E-state index contributed by atoms with van der Waals surface area (Å²) in [5.41, 5.74) is 1.00. The van der Waals surface area contributed by atoms with Crippen LogP contribution in [-0.2, 0) is 17.9 Å². The van der Waals surface area contributed by atoms with E-state index < -0.39 is 0 Å². The highest BCUT2D eigenvalue weighted by molar-refractivity contribution is 5.75. The number of hydrogen-bond donors (Lipinski definition) is 2. The second-order valence-electron chi connectivity index (χ2n) is 5.72. The molecule has 0 unspecified atom stereocenters. The van der Waals surface area contributed by atoms with Crippen LogP contribution >= 0.6 is 0 Å². The molecule has 0 saturated heterocycles. The lowest BCUT2D eigenvalue weighted by molar-refractivity contribution is -0.121. The minimum atomic E-state index is 0.0553. The zero-order valence-electron chi connectivity index (χ0n) is 11.9. The summed E-state index contributed by atoms with van der Waals surface area (Å²) in [5.74, 6) is 0.674. The molecule has 0 aliphatic heterocycles. The molecular weight excluding hydrogens is 240 g/mol. The third kappa shape index (κ3) is 5.42. The first-order valence-corrected chi connectivity index (χ1v) is 7.14. The quantitative estimate of drug-likeness (QED) is 0.744. The van der Waals surface area contributed by atoms with Crippen molar-refractivity contribution in [3.63, 3.8) is 0 Å². The van der Waals surface area contributed by atoms with Crippen molar-refractivity contribution in [1.82, 2.24) is 20.2 Å². The average Bonchev–Trinajstić information content (AvgIpc) is 3.07. The summed E-state index contributed by atoms with van der Waals surface area (Å²) in [4.78, 5) is 16.0. The Morgan fingerprint density at radius 2 is 2.32 bits per heavy atom. The molecule has 1 amide bonds. The van der Waals surface area contributed by atoms with E-state index in [9.17, 15) is 4.79 Å². The normalized spacial score (nSPS) is 14.9. The van der Waals surface area contributed by atoms with E-state index in [1.165, 1.54) is 12.8 Å². The molecule has 0 spiro atoms. The summed E-state index contributed by atoms with van der Waals surface area (Å²) in [6.07, 6.45) is 7.24. The van der Waals surface area contributed by atoms with Crippen LogP contribution in [0, 0.1) is 5.92 Å². The van der Waals surface area contributed by atoms with Crippen LogP contribution in [0.5, 0.6) is 0 Å². The molecule has 0 aromatic carbocycles. The van der Waals surface area contributed by atoms with Crippen molar-refractivity contribution in [2.75, 3.05) is 6.54 Å². The summed E-state index contributed by atoms with van der Waals surface area (Å²) in [6, 6.07) is 0.685. The molecule has 1 aromatic heterocycles. The van der Waals surface area contributed by atoms with Crippen LogP contribution in [0.25, 0.3) is 0 Å². The monoisotopic (exact) mass is 264 g/mol. The van der Waals surface area contributed by atoms with Crippen molar-refractivity contribution in [1.29, 1.82) is 0 Å². The number of hydrogen-bond acceptors (Lipinski definition) is 3. The first-order chi connectivity index (χ1) is 9.13. The molecule has 1 aromatic rings. The van der Waals surface area contributed by atoms with Crippen LogP contribution in [-0.4, -0.2) is 28.0 Å². The molecule has 1 aliphatic rings. The Kier molecular flexibility index (Phi) is 4.96. The number of carbonyl (C=O) groups excluding carboxylic acids is 1. The Morgan fingerprint density at radius 1 is 1.53 bits per heavy atom. The van der Waals surface area contributed by atoms with Gasteiger partial charge in [0.05, 0.1) is 12.0 Å². The van der Waals surface area contributed by atoms with Crippen LogP contribution in [0.15, 0.2) is 12.5 Å². The van der Waals surface area contributed by atoms with Crippen LogP contribution < -0.4 is 10.6 Å². The van der Waals surface area contributed by atoms with Gasteiger partial charge in [-0.1, -0.05) is 13.8 Å². The lowest BCUT2D eigenvalue weighted by Crippen LogP contribution is -2.28. The smallest absolute Gasteiger partial charge is 0.239 e. The molecule has 2 rings (SSSR count). The Labute approximate surface area is 114 Å². The Bertz CT molecular complexity index is 409. The van der Waals surface area contributed by atoms with Gasteiger partial charge in [-0.2, -0.15) is 0 Å². The second kappa shape index (κ2) is 6.70. The third-order valence-electron chi connectivity index (χ3n) is 3.21. The van der Waals surface area contributed by atoms with Crippen LogP contribution in [0.4, 0.5) is 0 Å². The van der Waals surface area contributed by atoms with E-state index >= 15 is 0 Å². The maximum atomic E-state index is 11.7. The molecule has 0 radical (unpaired) electrons. The maximum absolute atomic E-state index is 11.7. The lowest BCUT2D eigenvalue weighted by atomic mass is 10.1. The summed E-state index contributed by atoms with van der Waals surface area (Å²) >= 11 is 0. The fourth-order valence-electron chi connectivity index (χ4n) is 1.84. The maximum Gasteiger partial charge on any atom is 0.239 e. The van der Waals surface area contributed by atoms with Gasteiger partial charge >= 0.3 is 0 Å². The molecule has 0 bridgehead atoms. The summed E-state index contributed by atoms with van der Waals surface area (Å²) in [5, 5.41) is 6.34. The summed E-state index contributed by atoms with van der Waals surface area (Å²) in [6.45, 7) is 6.21. The van der Waals surface area contributed by atoms with Gasteiger partial charge in [0.15, 0.2) is 0 Å². The fourth-order valence-corrected chi connectivity index (χ4v) is 1.84. The molecule has 1 fully saturated rings. The molecule has 5 nitrogen and oxygen atoms in total. The number of imidazole rings is 1. The van der Waals surface area contributed by atoms with E-state index in [1.54, 1.807) is 6.33 Å². The molecule has 1 heterocycles. The summed E-state index contributed by atoms with van der Waals surface area (Å²) < 4.78 is 1.84. The average molecular weight is 264 g/mol. The fraction of sp³-hybridized carbons (Fsp3) is 0.714. The minimum absolute atomic E-state index is 0.0553. The first-order valence-electron chi connectivity index (χ1n) is 7.14. The molecule has 1 aliphatic carbocycles.